The van der Waals surface area contributed by atoms with Gasteiger partial charge in [-0.2, -0.15) is 0 Å². The Labute approximate surface area is 109 Å². The van der Waals surface area contributed by atoms with Gasteiger partial charge in [-0.15, -0.1) is 0 Å². The normalized spacial score (nSPS) is 3.43. The summed E-state index contributed by atoms with van der Waals surface area (Å²) >= 11 is 0. The maximum absolute atomic E-state index is 8.33. The van der Waals surface area contributed by atoms with Crippen LogP contribution in [0.15, 0.2) is 0 Å². The third kappa shape index (κ3) is 63.1. The summed E-state index contributed by atoms with van der Waals surface area (Å²) in [4.78, 5) is 8.33. The average molecular weight is 130 g/mol. The van der Waals surface area contributed by atoms with E-state index < -0.39 is 6.16 Å². The first-order chi connectivity index (χ1) is 1.73. The Bertz CT molecular complexity index is 37.5. The van der Waals surface area contributed by atoms with Gasteiger partial charge in [0.1, 0.15) is 0 Å². The Kier molecular flexibility index (Phi) is 51.3. The smallest absolute Gasteiger partial charge is 1.00 e. The Morgan fingerprint density at radius 3 is 1.14 bits per heavy atom. The van der Waals surface area contributed by atoms with Crippen LogP contribution in [0.1, 0.15) is 1.43 Å². The van der Waals surface area contributed by atoms with Crippen molar-refractivity contribution in [2.45, 2.75) is 0 Å². The van der Waals surface area contributed by atoms with Crippen LogP contribution in [0.5, 0.6) is 0 Å². The maximum Gasteiger partial charge on any atom is 1.00 e. The van der Waals surface area contributed by atoms with E-state index in [0.29, 0.717) is 0 Å². The molecule has 0 aliphatic rings. The van der Waals surface area contributed by atoms with Gasteiger partial charge in [-0.05, 0) is 6.16 Å². The minimum atomic E-state index is -2.33. The second-order valence-electron chi connectivity index (χ2n) is 0.250. The molecule has 3 nitrogen and oxygen atoms in total. The summed E-state index contributed by atoms with van der Waals surface area (Å²) in [5.74, 6) is 0. The molecule has 0 aliphatic heterocycles. The molecule has 0 aliphatic carbocycles. The van der Waals surface area contributed by atoms with Crippen LogP contribution in [0.3, 0.4) is 0 Å². The zero-order valence-electron chi connectivity index (χ0n) is 5.72. The predicted octanol–water partition coefficient (Wildman–Crippen LogP) is -11.3. The fourth-order valence-electron chi connectivity index (χ4n) is 0. The number of carbonyl (C=O) groups is 1. The molecular weight excluding hydrogens is 129 g/mol. The van der Waals surface area contributed by atoms with Crippen molar-refractivity contribution in [3.63, 3.8) is 0 Å². The Hall–Kier alpha value is 2.27. The standard InChI is InChI=1S/CH2O3.3Na.H/c2-1(3)4;;;;/h(H2,2,3,4);;;;/q;3*+1;-1/p-2. The minimum absolute atomic E-state index is 0. The Morgan fingerprint density at radius 2 is 1.14 bits per heavy atom. The Balaban J connectivity index is -0.00000000750. The van der Waals surface area contributed by atoms with E-state index >= 15 is 0 Å². The van der Waals surface area contributed by atoms with Crippen molar-refractivity contribution in [1.29, 1.82) is 0 Å². The summed E-state index contributed by atoms with van der Waals surface area (Å²) < 4.78 is 0. The van der Waals surface area contributed by atoms with E-state index in [0.717, 1.165) is 0 Å². The van der Waals surface area contributed by atoms with Crippen molar-refractivity contribution >= 4 is 6.16 Å². The van der Waals surface area contributed by atoms with E-state index in [9.17, 15) is 0 Å². The number of carboxylic acid groups (broad SMARTS) is 2. The van der Waals surface area contributed by atoms with E-state index in [2.05, 4.69) is 0 Å². The van der Waals surface area contributed by atoms with Gasteiger partial charge >= 0.3 is 88.7 Å². The summed E-state index contributed by atoms with van der Waals surface area (Å²) in [6.07, 6.45) is -2.33. The van der Waals surface area contributed by atoms with Crippen LogP contribution in [0, 0.1) is 0 Å². The largest absolute Gasteiger partial charge is 1.00 e. The van der Waals surface area contributed by atoms with Gasteiger partial charge in [-0.1, -0.05) is 0 Å². The molecule has 0 aromatic heterocycles. The zero-order chi connectivity index (χ0) is 3.58. The molecular formula is CHNa3O3. The van der Waals surface area contributed by atoms with Crippen molar-refractivity contribution in [1.82, 2.24) is 0 Å². The topological polar surface area (TPSA) is 63.2 Å². The van der Waals surface area contributed by atoms with Crippen LogP contribution < -0.4 is 98.9 Å². The number of hydrogen-bond acceptors (Lipinski definition) is 3. The quantitative estimate of drug-likeness (QED) is 0.306. The third-order valence-electron chi connectivity index (χ3n) is 0. The van der Waals surface area contributed by atoms with Crippen LogP contribution in [-0.2, 0) is 0 Å². The minimum Gasteiger partial charge on any atom is -1.00 e. The number of rotatable bonds is 0. The number of hydrogen-bond donors (Lipinski definition) is 0. The molecule has 0 bridgehead atoms. The van der Waals surface area contributed by atoms with Gasteiger partial charge in [0.05, 0.1) is 0 Å². The van der Waals surface area contributed by atoms with E-state index in [4.69, 9.17) is 15.0 Å². The van der Waals surface area contributed by atoms with Crippen molar-refractivity contribution in [3.8, 4) is 0 Å². The van der Waals surface area contributed by atoms with Crippen LogP contribution in [0.4, 0.5) is 4.79 Å². The van der Waals surface area contributed by atoms with Crippen molar-refractivity contribution < 1.29 is 105 Å². The van der Waals surface area contributed by atoms with Crippen molar-refractivity contribution in [2.24, 2.45) is 0 Å². The van der Waals surface area contributed by atoms with Crippen LogP contribution in [-0.4, -0.2) is 6.16 Å². The monoisotopic (exact) mass is 130 g/mol. The second kappa shape index (κ2) is 15.7. The molecule has 0 atom stereocenters. The van der Waals surface area contributed by atoms with Gasteiger partial charge in [0.15, 0.2) is 0 Å². The fourth-order valence-corrected chi connectivity index (χ4v) is 0. The predicted molar refractivity (Wildman–Crippen MR) is 6.51 cm³/mol. The molecule has 0 rings (SSSR count). The molecule has 7 heavy (non-hydrogen) atoms. The van der Waals surface area contributed by atoms with Crippen LogP contribution >= 0.6 is 0 Å². The summed E-state index contributed by atoms with van der Waals surface area (Å²) in [6, 6.07) is 0. The molecule has 0 N–H and O–H groups in total. The van der Waals surface area contributed by atoms with E-state index in [1.165, 1.54) is 0 Å². The molecule has 0 amide bonds. The van der Waals surface area contributed by atoms with E-state index in [1.807, 2.05) is 0 Å². The van der Waals surface area contributed by atoms with Crippen molar-refractivity contribution in [3.05, 3.63) is 0 Å². The van der Waals surface area contributed by atoms with Gasteiger partial charge in [-0.25, -0.2) is 0 Å². The molecule has 0 spiro atoms. The van der Waals surface area contributed by atoms with Gasteiger partial charge in [0.2, 0.25) is 0 Å². The molecule has 0 radical (unpaired) electrons. The van der Waals surface area contributed by atoms with Gasteiger partial charge in [0.25, 0.3) is 0 Å². The third-order valence-corrected chi connectivity index (χ3v) is 0. The second-order valence-corrected chi connectivity index (χ2v) is 0.250. The molecule has 0 unspecified atom stereocenters. The van der Waals surface area contributed by atoms with Crippen LogP contribution in [0.2, 0.25) is 0 Å². The maximum atomic E-state index is 8.33. The van der Waals surface area contributed by atoms with Gasteiger partial charge in [0, 0.05) is 0 Å². The molecule has 0 saturated carbocycles. The first kappa shape index (κ1) is 22.8. The van der Waals surface area contributed by atoms with Crippen LogP contribution in [0.25, 0.3) is 0 Å². The molecule has 0 saturated heterocycles. The van der Waals surface area contributed by atoms with E-state index in [-0.39, 0.29) is 90.1 Å². The molecule has 0 heterocycles. The SMILES string of the molecule is O=C([O-])[O-].[H-].[Na+].[Na+].[Na+]. The Morgan fingerprint density at radius 1 is 1.14 bits per heavy atom. The first-order valence-electron chi connectivity index (χ1n) is 0.612. The van der Waals surface area contributed by atoms with Gasteiger partial charge in [-0.3, -0.25) is 0 Å². The summed E-state index contributed by atoms with van der Waals surface area (Å²) in [5, 5.41) is 16.7. The van der Waals surface area contributed by atoms with Gasteiger partial charge < -0.3 is 16.4 Å². The zero-order valence-corrected chi connectivity index (χ0v) is 10.7. The molecule has 0 aromatic carbocycles. The first-order valence-corrected chi connectivity index (χ1v) is 0.612. The molecule has 0 aromatic rings. The molecule has 0 fully saturated rings. The summed E-state index contributed by atoms with van der Waals surface area (Å²) in [6.45, 7) is 0. The molecule has 6 heteroatoms. The average Bonchev–Trinajstić information content (AvgIpc) is 0.811. The summed E-state index contributed by atoms with van der Waals surface area (Å²) in [5.41, 5.74) is 0. The van der Waals surface area contributed by atoms with E-state index in [1.54, 1.807) is 0 Å². The number of carbonyl (C=O) groups excluding carboxylic acids is 1. The summed E-state index contributed by atoms with van der Waals surface area (Å²) in [7, 11) is 0. The van der Waals surface area contributed by atoms with Crippen molar-refractivity contribution in [2.75, 3.05) is 0 Å². The molecule has 26 valence electrons. The fraction of sp³-hybridized carbons (Fsp3) is 0.